The van der Waals surface area contributed by atoms with Crippen molar-refractivity contribution < 1.29 is 0 Å². The Kier molecular flexibility index (Phi) is 24.4. The van der Waals surface area contributed by atoms with Crippen molar-refractivity contribution in [2.75, 3.05) is 19.6 Å². The lowest BCUT2D eigenvalue weighted by Crippen LogP contribution is -2.48. The molecule has 0 aliphatic heterocycles. The maximum Gasteiger partial charge on any atom is 0.0562 e. The monoisotopic (exact) mass is 1860 g/mol. The second-order valence-electron chi connectivity index (χ2n) is 49.0. The molecule has 0 aromatic heterocycles. The van der Waals surface area contributed by atoms with E-state index in [1.807, 2.05) is 0 Å². The van der Waals surface area contributed by atoms with Crippen LogP contribution in [0.4, 0.5) is 68.2 Å². The molecule has 12 aromatic rings. The molecule has 4 heteroatoms. The Morgan fingerprint density at radius 1 is 0.171 bits per heavy atom. The summed E-state index contributed by atoms with van der Waals surface area (Å²) in [5, 5.41) is 8.13. The van der Waals surface area contributed by atoms with Gasteiger partial charge in [-0.05, 0) is 473 Å². The zero-order chi connectivity index (χ0) is 95.8. The largest absolute Gasteiger partial charge is 0.309 e. The maximum absolute atomic E-state index is 3.03. The maximum atomic E-state index is 3.03. The predicted octanol–water partition coefficient (Wildman–Crippen LogP) is 37.3. The van der Waals surface area contributed by atoms with Gasteiger partial charge in [-0.1, -0.05) is 256 Å². The van der Waals surface area contributed by atoms with Gasteiger partial charge in [0.25, 0.3) is 0 Å². The van der Waals surface area contributed by atoms with Crippen LogP contribution >= 0.6 is 0 Å². The summed E-state index contributed by atoms with van der Waals surface area (Å²) in [7, 11) is 0. The summed E-state index contributed by atoms with van der Waals surface area (Å²) in [6.45, 7) is 40.1. The molecule has 12 aromatic carbocycles. The highest BCUT2D eigenvalue weighted by atomic mass is 15.2. The van der Waals surface area contributed by atoms with Gasteiger partial charge < -0.3 is 19.6 Å². The van der Waals surface area contributed by atoms with Crippen LogP contribution in [0.2, 0.25) is 0 Å². The van der Waals surface area contributed by atoms with Gasteiger partial charge in [0.2, 0.25) is 0 Å². The summed E-state index contributed by atoms with van der Waals surface area (Å²) in [5.41, 5.74) is 47.5. The second kappa shape index (κ2) is 36.6. The topological polar surface area (TPSA) is 13.0 Å². The SMILES string of the molecule is CCc1cccc(CC)c1N(c1c(CC)cc(C23CC4CC(CC(C4)C2)C3)cc1CC)c1cc(N(c2c(CC)cccc2CC)c2c(CC)cc(C34CC5CC(CC(C5)C3)C4)cc2CC)c2ccc3c(N(c4c(CC)cccc4CC)c4c(CC)cc(C56CC7CC(CC(C7)C5)C6)cc4CC)cc(N(c4c(CC)cccc4CC)c4c(CC)cc(C56CC7CC(CC(C7)C5)C6)cc4CC)c4ccc1c2c43. The van der Waals surface area contributed by atoms with E-state index in [2.05, 4.69) is 288 Å². The Balaban J connectivity index is 0.895. The minimum absolute atomic E-state index is 0.228. The molecule has 16 bridgehead atoms. The van der Waals surface area contributed by atoms with Crippen molar-refractivity contribution >= 4 is 101 Å². The van der Waals surface area contributed by atoms with E-state index in [1.54, 1.807) is 22.3 Å². The lowest BCUT2D eigenvalue weighted by atomic mass is 9.48. The third-order valence-electron chi connectivity index (χ3n) is 41.1. The first-order valence-corrected chi connectivity index (χ1v) is 58.4. The molecule has 0 N–H and O–H groups in total. The van der Waals surface area contributed by atoms with Crippen molar-refractivity contribution in [3.05, 3.63) is 269 Å². The molecule has 0 unspecified atom stereocenters. The van der Waals surface area contributed by atoms with Crippen molar-refractivity contribution in [2.45, 2.75) is 389 Å². The Bertz CT molecular complexity index is 5660. The fourth-order valence-corrected chi connectivity index (χ4v) is 36.5. The Hall–Kier alpha value is -9.12. The van der Waals surface area contributed by atoms with E-state index in [-0.39, 0.29) is 21.7 Å². The first kappa shape index (κ1) is 93.2. The summed E-state index contributed by atoms with van der Waals surface area (Å²) >= 11 is 0. The van der Waals surface area contributed by atoms with Gasteiger partial charge in [0.15, 0.2) is 0 Å². The standard InChI is InChI=1S/C136H166N4/c1-17-95-37-33-38-96(18-2)125(95)137(129-103(25-9)61-111(62-104(129)26-10)133-71-83-49-84(72-133)51-85(50-83)73-133)119-69-120(138(126-97(19-3)39-34-40-98(126)20-4)130-105(27-11)63-112(64-106(130)28-12)134-74-86-52-87(75-134)54-88(53-86)76-134)116-47-48-118-122(140(128-101(23-7)43-36-44-102(128)24-8)132-109(31-15)67-114(68-110(132)32-16)136-80-92-58-93(81-136)60-94(59-92)82-136)70-121(117-46-45-115(119)123(116)124(117)118)139(127-99(21-5)41-35-42-100(127)22-6)131-107(29-13)65-113(66-108(131)30-14)135-77-89-55-90(78-135)57-91(56-89)79-135/h33-48,61-70,83-94H,17-32,49-60,71-82H2,1-16H3. The van der Waals surface area contributed by atoms with Gasteiger partial charge in [-0.2, -0.15) is 0 Å². The molecule has 0 saturated heterocycles. The van der Waals surface area contributed by atoms with E-state index >= 15 is 0 Å². The molecule has 0 radical (unpaired) electrons. The Morgan fingerprint density at radius 3 is 0.429 bits per heavy atom. The Morgan fingerprint density at radius 2 is 0.300 bits per heavy atom. The highest BCUT2D eigenvalue weighted by Gasteiger charge is 2.57. The minimum atomic E-state index is 0.228. The smallest absolute Gasteiger partial charge is 0.0562 e. The molecular weight excluding hydrogens is 1690 g/mol. The van der Waals surface area contributed by atoms with Gasteiger partial charge in [0, 0.05) is 32.3 Å². The number of rotatable bonds is 32. The third-order valence-corrected chi connectivity index (χ3v) is 41.1. The van der Waals surface area contributed by atoms with E-state index in [0.29, 0.717) is 0 Å². The van der Waals surface area contributed by atoms with Crippen molar-refractivity contribution in [2.24, 2.45) is 71.0 Å². The molecule has 16 aliphatic rings. The van der Waals surface area contributed by atoms with Crippen molar-refractivity contribution in [3.8, 4) is 0 Å². The number of para-hydroxylation sites is 4. The normalized spacial score (nSPS) is 27.5. The van der Waals surface area contributed by atoms with Gasteiger partial charge in [-0.25, -0.2) is 0 Å². The van der Waals surface area contributed by atoms with Crippen LogP contribution in [0.5, 0.6) is 0 Å². The number of nitrogens with zero attached hydrogens (tertiary/aromatic N) is 4. The summed E-state index contributed by atoms with van der Waals surface area (Å²) in [6.07, 6.45) is 48.5. The Labute approximate surface area is 843 Å². The van der Waals surface area contributed by atoms with E-state index in [1.165, 1.54) is 344 Å². The van der Waals surface area contributed by atoms with Crippen LogP contribution in [0.25, 0.3) is 32.3 Å². The molecule has 0 amide bonds. The molecule has 16 aliphatic carbocycles. The molecule has 4 nitrogen and oxygen atoms in total. The number of benzene rings is 12. The molecule has 730 valence electrons. The van der Waals surface area contributed by atoms with Gasteiger partial charge in [-0.3, -0.25) is 0 Å². The van der Waals surface area contributed by atoms with E-state index in [4.69, 9.17) is 0 Å². The van der Waals surface area contributed by atoms with Crippen LogP contribution < -0.4 is 19.6 Å². The van der Waals surface area contributed by atoms with Crippen LogP contribution in [0.1, 0.15) is 376 Å². The molecule has 0 atom stereocenters. The minimum Gasteiger partial charge on any atom is -0.309 e. The van der Waals surface area contributed by atoms with Crippen LogP contribution in [-0.4, -0.2) is 0 Å². The van der Waals surface area contributed by atoms with Gasteiger partial charge >= 0.3 is 0 Å². The molecule has 16 saturated carbocycles. The first-order chi connectivity index (χ1) is 68.3. The van der Waals surface area contributed by atoms with Crippen LogP contribution in [-0.2, 0) is 124 Å². The summed E-state index contributed by atoms with van der Waals surface area (Å²) in [6, 6.07) is 69.7. The van der Waals surface area contributed by atoms with E-state index in [9.17, 15) is 0 Å². The first-order valence-electron chi connectivity index (χ1n) is 58.4. The summed E-state index contributed by atoms with van der Waals surface area (Å²) in [5.74, 6) is 10.2. The van der Waals surface area contributed by atoms with Gasteiger partial charge in [-0.15, -0.1) is 0 Å². The fraction of sp³-hybridized carbons (Fsp3) is 0.529. The molecule has 140 heavy (non-hydrogen) atoms. The summed E-state index contributed by atoms with van der Waals surface area (Å²) < 4.78 is 0. The zero-order valence-electron chi connectivity index (χ0n) is 89.0. The average molecular weight is 1860 g/mol. The molecule has 0 heterocycles. The van der Waals surface area contributed by atoms with Crippen molar-refractivity contribution in [1.82, 2.24) is 0 Å². The highest BCUT2D eigenvalue weighted by molar-refractivity contribution is 6.33. The van der Waals surface area contributed by atoms with Crippen LogP contribution in [0, 0.1) is 71.0 Å². The summed E-state index contributed by atoms with van der Waals surface area (Å²) in [4.78, 5) is 12.1. The number of aryl methyl sites for hydroxylation is 16. The lowest BCUT2D eigenvalue weighted by molar-refractivity contribution is -0.00536. The lowest BCUT2D eigenvalue weighted by Gasteiger charge is -2.57. The highest BCUT2D eigenvalue weighted by Crippen LogP contribution is 2.69. The molecular formula is C136H166N4. The van der Waals surface area contributed by atoms with Crippen molar-refractivity contribution in [1.29, 1.82) is 0 Å². The average Bonchev–Trinajstić information content (AvgIpc) is 0.688. The molecule has 0 spiro atoms. The van der Waals surface area contributed by atoms with Crippen LogP contribution in [0.3, 0.4) is 0 Å². The number of anilines is 12. The molecule has 16 fully saturated rings. The fourth-order valence-electron chi connectivity index (χ4n) is 36.5. The van der Waals surface area contributed by atoms with Crippen molar-refractivity contribution in [3.63, 3.8) is 0 Å². The van der Waals surface area contributed by atoms with E-state index < -0.39 is 0 Å². The quantitative estimate of drug-likeness (QED) is 0.0390. The number of hydrogen-bond donors (Lipinski definition) is 0. The van der Waals surface area contributed by atoms with Crippen LogP contribution in [0.15, 0.2) is 158 Å². The van der Waals surface area contributed by atoms with Gasteiger partial charge in [0.1, 0.15) is 0 Å². The van der Waals surface area contributed by atoms with E-state index in [0.717, 1.165) is 174 Å². The zero-order valence-corrected chi connectivity index (χ0v) is 89.0. The third kappa shape index (κ3) is 14.8. The molecule has 28 rings (SSSR count). The number of hydrogen-bond acceptors (Lipinski definition) is 4. The predicted molar refractivity (Wildman–Crippen MR) is 598 cm³/mol. The van der Waals surface area contributed by atoms with Gasteiger partial charge in [0.05, 0.1) is 68.2 Å². The second-order valence-corrected chi connectivity index (χ2v) is 49.0.